The molecule has 0 radical (unpaired) electrons. The van der Waals surface area contributed by atoms with E-state index in [2.05, 4.69) is 47.4 Å². The molecule has 1 aliphatic heterocycles. The van der Waals surface area contributed by atoms with E-state index < -0.39 is 5.54 Å². The molecule has 0 fully saturated rings. The van der Waals surface area contributed by atoms with Gasteiger partial charge in [0, 0.05) is 19.4 Å². The third kappa shape index (κ3) is 3.07. The normalized spacial score (nSPS) is 23.2. The minimum atomic E-state index is -0.634. The van der Waals surface area contributed by atoms with Crippen LogP contribution in [0.3, 0.4) is 0 Å². The molecule has 1 aromatic heterocycles. The highest BCUT2D eigenvalue weighted by Gasteiger charge is 2.46. The molecule has 2 aliphatic rings. The van der Waals surface area contributed by atoms with Crippen LogP contribution in [0.2, 0.25) is 0 Å². The zero-order chi connectivity index (χ0) is 20.7. The van der Waals surface area contributed by atoms with Crippen LogP contribution in [0.15, 0.2) is 78.0 Å². The second kappa shape index (κ2) is 7.10. The number of nitrogens with zero attached hydrogens (tertiary/aromatic N) is 3. The van der Waals surface area contributed by atoms with Gasteiger partial charge in [0.05, 0.1) is 12.0 Å². The standard InChI is InChI=1S/C25H24N4O/c1-29-23(30)16-25(28-24(29)26)15-21(17-5-3-2-4-6-17)13-20-8-7-19(14-22(20)25)18-9-11-27-12-10-18/h2-12,14,21H,13,15-16H2,1H3,(H2,26,28). The average Bonchev–Trinajstić information content (AvgIpc) is 2.78. The first-order chi connectivity index (χ1) is 14.6. The number of carbonyl (C=O) groups excluding carboxylic acids is 1. The van der Waals surface area contributed by atoms with Gasteiger partial charge in [-0.2, -0.15) is 0 Å². The van der Waals surface area contributed by atoms with Gasteiger partial charge in [-0.1, -0.05) is 42.5 Å². The predicted octanol–water partition coefficient (Wildman–Crippen LogP) is 3.85. The van der Waals surface area contributed by atoms with E-state index in [1.165, 1.54) is 16.0 Å². The molecule has 0 saturated heterocycles. The second-order valence-corrected chi connectivity index (χ2v) is 8.25. The number of aliphatic imine (C=N–C) groups is 1. The Balaban J connectivity index is 1.67. The summed E-state index contributed by atoms with van der Waals surface area (Å²) in [7, 11) is 1.69. The van der Waals surface area contributed by atoms with Gasteiger partial charge in [0.2, 0.25) is 5.91 Å². The van der Waals surface area contributed by atoms with E-state index >= 15 is 0 Å². The molecular formula is C25H24N4O. The highest BCUT2D eigenvalue weighted by molar-refractivity contribution is 5.99. The molecule has 5 rings (SSSR count). The third-order valence-corrected chi connectivity index (χ3v) is 6.44. The van der Waals surface area contributed by atoms with E-state index in [9.17, 15) is 4.79 Å². The lowest BCUT2D eigenvalue weighted by Gasteiger charge is -2.43. The van der Waals surface area contributed by atoms with E-state index in [0.29, 0.717) is 18.3 Å². The Labute approximate surface area is 176 Å². The number of nitrogens with two attached hydrogens (primary N) is 1. The van der Waals surface area contributed by atoms with E-state index in [4.69, 9.17) is 10.7 Å². The number of aromatic nitrogens is 1. The summed E-state index contributed by atoms with van der Waals surface area (Å²) in [5.41, 5.74) is 11.4. The van der Waals surface area contributed by atoms with Crippen molar-refractivity contribution in [1.29, 1.82) is 0 Å². The first kappa shape index (κ1) is 18.6. The molecule has 5 heteroatoms. The monoisotopic (exact) mass is 396 g/mol. The minimum absolute atomic E-state index is 0.0106. The summed E-state index contributed by atoms with van der Waals surface area (Å²) in [5, 5.41) is 0. The Kier molecular flexibility index (Phi) is 4.39. The summed E-state index contributed by atoms with van der Waals surface area (Å²) < 4.78 is 0. The Morgan fingerprint density at radius 2 is 1.80 bits per heavy atom. The Morgan fingerprint density at radius 3 is 2.53 bits per heavy atom. The van der Waals surface area contributed by atoms with Crippen LogP contribution in [0, 0.1) is 0 Å². The van der Waals surface area contributed by atoms with Crippen molar-refractivity contribution in [2.24, 2.45) is 10.7 Å². The molecule has 1 spiro atoms. The van der Waals surface area contributed by atoms with Gasteiger partial charge in [-0.05, 0) is 64.8 Å². The molecular weight excluding hydrogens is 372 g/mol. The van der Waals surface area contributed by atoms with Gasteiger partial charge in [-0.25, -0.2) is 4.99 Å². The molecule has 5 nitrogen and oxygen atoms in total. The van der Waals surface area contributed by atoms with Gasteiger partial charge in [0.15, 0.2) is 5.96 Å². The zero-order valence-electron chi connectivity index (χ0n) is 17.0. The van der Waals surface area contributed by atoms with Gasteiger partial charge in [0.25, 0.3) is 0 Å². The molecule has 30 heavy (non-hydrogen) atoms. The molecule has 2 N–H and O–H groups in total. The molecule has 0 bridgehead atoms. The lowest BCUT2D eigenvalue weighted by atomic mass is 9.67. The summed E-state index contributed by atoms with van der Waals surface area (Å²) in [6, 6.07) is 21.0. The van der Waals surface area contributed by atoms with Crippen LogP contribution in [-0.4, -0.2) is 28.8 Å². The zero-order valence-corrected chi connectivity index (χ0v) is 17.0. The van der Waals surface area contributed by atoms with Gasteiger partial charge in [0.1, 0.15) is 0 Å². The Bertz CT molecular complexity index is 1130. The number of hydrogen-bond acceptors (Lipinski definition) is 4. The topological polar surface area (TPSA) is 71.6 Å². The van der Waals surface area contributed by atoms with Crippen LogP contribution in [0.25, 0.3) is 11.1 Å². The molecule has 3 aromatic rings. The number of pyridine rings is 1. The lowest BCUT2D eigenvalue weighted by molar-refractivity contribution is -0.128. The van der Waals surface area contributed by atoms with E-state index in [-0.39, 0.29) is 5.91 Å². The number of guanidine groups is 1. The fourth-order valence-electron chi connectivity index (χ4n) is 4.83. The maximum atomic E-state index is 12.8. The van der Waals surface area contributed by atoms with Crippen LogP contribution >= 0.6 is 0 Å². The highest BCUT2D eigenvalue weighted by atomic mass is 16.2. The van der Waals surface area contributed by atoms with Crippen molar-refractivity contribution in [1.82, 2.24) is 9.88 Å². The number of carbonyl (C=O) groups is 1. The van der Waals surface area contributed by atoms with Gasteiger partial charge >= 0.3 is 0 Å². The number of benzene rings is 2. The number of rotatable bonds is 2. The van der Waals surface area contributed by atoms with Gasteiger partial charge in [-0.15, -0.1) is 0 Å². The first-order valence-electron chi connectivity index (χ1n) is 10.3. The summed E-state index contributed by atoms with van der Waals surface area (Å²) in [4.78, 5) is 23.4. The number of hydrogen-bond donors (Lipinski definition) is 1. The van der Waals surface area contributed by atoms with Crippen molar-refractivity contribution in [3.8, 4) is 11.1 Å². The molecule has 2 aromatic carbocycles. The summed E-state index contributed by atoms with van der Waals surface area (Å²) in [6.45, 7) is 0. The molecule has 2 heterocycles. The maximum absolute atomic E-state index is 12.8. The third-order valence-electron chi connectivity index (χ3n) is 6.44. The summed E-state index contributed by atoms with van der Waals surface area (Å²) >= 11 is 0. The predicted molar refractivity (Wildman–Crippen MR) is 118 cm³/mol. The van der Waals surface area contributed by atoms with Crippen LogP contribution in [-0.2, 0) is 16.8 Å². The van der Waals surface area contributed by atoms with Crippen molar-refractivity contribution in [2.45, 2.75) is 30.7 Å². The highest BCUT2D eigenvalue weighted by Crippen LogP contribution is 2.49. The Hall–Kier alpha value is -3.47. The molecule has 150 valence electrons. The van der Waals surface area contributed by atoms with Crippen molar-refractivity contribution >= 4 is 11.9 Å². The fraction of sp³-hybridized carbons (Fsp3) is 0.240. The fourth-order valence-corrected chi connectivity index (χ4v) is 4.83. The lowest BCUT2D eigenvalue weighted by Crippen LogP contribution is -2.50. The molecule has 2 atom stereocenters. The SMILES string of the molecule is CN1C(=O)CC2(CC(c3ccccc3)Cc3ccc(-c4ccncc4)cc32)N=C1N. The average molecular weight is 396 g/mol. The van der Waals surface area contributed by atoms with Gasteiger partial charge < -0.3 is 5.73 Å². The largest absolute Gasteiger partial charge is 0.369 e. The summed E-state index contributed by atoms with van der Waals surface area (Å²) in [5.74, 6) is 0.593. The molecule has 1 aliphatic carbocycles. The van der Waals surface area contributed by atoms with Crippen molar-refractivity contribution in [3.05, 3.63) is 89.7 Å². The van der Waals surface area contributed by atoms with Gasteiger partial charge in [-0.3, -0.25) is 14.7 Å². The number of fused-ring (bicyclic) bond motifs is 2. The minimum Gasteiger partial charge on any atom is -0.369 e. The maximum Gasteiger partial charge on any atom is 0.231 e. The molecule has 0 saturated carbocycles. The van der Waals surface area contributed by atoms with Crippen LogP contribution < -0.4 is 5.73 Å². The van der Waals surface area contributed by atoms with Crippen LogP contribution in [0.1, 0.15) is 35.4 Å². The van der Waals surface area contributed by atoms with E-state index in [0.717, 1.165) is 29.5 Å². The molecule has 2 unspecified atom stereocenters. The Morgan fingerprint density at radius 1 is 1.03 bits per heavy atom. The van der Waals surface area contributed by atoms with Crippen LogP contribution in [0.4, 0.5) is 0 Å². The second-order valence-electron chi connectivity index (χ2n) is 8.25. The first-order valence-corrected chi connectivity index (χ1v) is 10.3. The number of amides is 1. The van der Waals surface area contributed by atoms with E-state index in [1.807, 2.05) is 18.2 Å². The molecule has 1 amide bonds. The quantitative estimate of drug-likeness (QED) is 0.715. The smallest absolute Gasteiger partial charge is 0.231 e. The van der Waals surface area contributed by atoms with Crippen molar-refractivity contribution < 1.29 is 4.79 Å². The summed E-state index contributed by atoms with van der Waals surface area (Å²) in [6.07, 6.45) is 5.62. The van der Waals surface area contributed by atoms with Crippen molar-refractivity contribution in [2.75, 3.05) is 7.05 Å². The van der Waals surface area contributed by atoms with Crippen molar-refractivity contribution in [3.63, 3.8) is 0 Å². The van der Waals surface area contributed by atoms with Crippen LogP contribution in [0.5, 0.6) is 0 Å². The van der Waals surface area contributed by atoms with E-state index in [1.54, 1.807) is 19.4 Å².